The van der Waals surface area contributed by atoms with Crippen molar-refractivity contribution in [1.82, 2.24) is 4.98 Å². The number of hydrogen-bond donors (Lipinski definition) is 1. The smallest absolute Gasteiger partial charge is 0.189 e. The summed E-state index contributed by atoms with van der Waals surface area (Å²) in [6.45, 7) is -0.474. The lowest BCUT2D eigenvalue weighted by atomic mass is 9.75. The van der Waals surface area contributed by atoms with Crippen LogP contribution < -0.4 is 10.5 Å². The maximum atomic E-state index is 15.5. The Bertz CT molecular complexity index is 1600. The van der Waals surface area contributed by atoms with Crippen LogP contribution in [0.3, 0.4) is 0 Å². The average molecular weight is 585 g/mol. The fourth-order valence-corrected chi connectivity index (χ4v) is 9.27. The lowest BCUT2D eigenvalue weighted by molar-refractivity contribution is -0.0732. The van der Waals surface area contributed by atoms with Gasteiger partial charge in [-0.15, -0.1) is 0 Å². The predicted octanol–water partition coefficient (Wildman–Crippen LogP) is 3.93. The molecule has 0 unspecified atom stereocenters. The van der Waals surface area contributed by atoms with Crippen molar-refractivity contribution < 1.29 is 35.1 Å². The first-order valence-electron chi connectivity index (χ1n) is 11.7. The molecule has 3 heterocycles. The van der Waals surface area contributed by atoms with E-state index in [2.05, 4.69) is 4.98 Å². The van der Waals surface area contributed by atoms with Crippen molar-refractivity contribution in [3.63, 3.8) is 0 Å². The van der Waals surface area contributed by atoms with E-state index in [9.17, 15) is 21.2 Å². The molecule has 1 fully saturated rings. The van der Waals surface area contributed by atoms with Crippen LogP contribution in [0.25, 0.3) is 0 Å². The SMILES string of the molecule is Nc1ncccc1S(=O)(=O)CC[C@@H]1OCC[C@@]2(S(=O)(=O)c3ccc(Cl)cc3)c3c(F)ccc(F)c3OC[C@@H]12. The van der Waals surface area contributed by atoms with Crippen LogP contribution in [0, 0.1) is 17.6 Å². The van der Waals surface area contributed by atoms with Crippen LogP contribution in [-0.4, -0.2) is 46.9 Å². The minimum Gasteiger partial charge on any atom is -0.490 e. The molecular formula is C25H23ClF2N2O6S2. The zero-order valence-corrected chi connectivity index (χ0v) is 22.2. The van der Waals surface area contributed by atoms with Gasteiger partial charge in [0.25, 0.3) is 0 Å². The molecule has 2 aromatic carbocycles. The Labute approximate surface area is 223 Å². The molecule has 0 spiro atoms. The summed E-state index contributed by atoms with van der Waals surface area (Å²) in [5.74, 6) is -3.98. The number of pyridine rings is 1. The number of nitrogen functional groups attached to an aromatic ring is 1. The van der Waals surface area contributed by atoms with Gasteiger partial charge < -0.3 is 15.2 Å². The number of nitrogens with zero attached hydrogens (tertiary/aromatic N) is 1. The molecule has 2 aliphatic rings. The largest absolute Gasteiger partial charge is 0.490 e. The monoisotopic (exact) mass is 584 g/mol. The number of fused-ring (bicyclic) bond motifs is 3. The molecule has 2 N–H and O–H groups in total. The van der Waals surface area contributed by atoms with E-state index in [-0.39, 0.29) is 41.7 Å². The summed E-state index contributed by atoms with van der Waals surface area (Å²) in [4.78, 5) is 3.52. The summed E-state index contributed by atoms with van der Waals surface area (Å²) in [6, 6.07) is 9.89. The Balaban J connectivity index is 1.61. The van der Waals surface area contributed by atoms with Gasteiger partial charge in [0.1, 0.15) is 21.3 Å². The van der Waals surface area contributed by atoms with E-state index in [1.807, 2.05) is 0 Å². The first kappa shape index (κ1) is 26.8. The highest BCUT2D eigenvalue weighted by Crippen LogP contribution is 2.56. The van der Waals surface area contributed by atoms with Crippen molar-refractivity contribution in [2.24, 2.45) is 5.92 Å². The van der Waals surface area contributed by atoms with Crippen LogP contribution >= 0.6 is 11.6 Å². The van der Waals surface area contributed by atoms with Crippen molar-refractivity contribution in [2.45, 2.75) is 33.5 Å². The third-order valence-electron chi connectivity index (χ3n) is 7.15. The summed E-state index contributed by atoms with van der Waals surface area (Å²) in [5.41, 5.74) is 5.33. The molecule has 5 rings (SSSR count). The number of nitrogens with two attached hydrogens (primary N) is 1. The summed E-state index contributed by atoms with van der Waals surface area (Å²) >= 11 is 5.96. The van der Waals surface area contributed by atoms with E-state index in [4.69, 9.17) is 26.8 Å². The fourth-order valence-electron chi connectivity index (χ4n) is 5.38. The molecule has 38 heavy (non-hydrogen) atoms. The molecule has 0 saturated carbocycles. The fraction of sp³-hybridized carbons (Fsp3) is 0.320. The summed E-state index contributed by atoms with van der Waals surface area (Å²) in [6.07, 6.45) is 0.0424. The highest BCUT2D eigenvalue weighted by Gasteiger charge is 2.61. The van der Waals surface area contributed by atoms with Crippen molar-refractivity contribution in [3.8, 4) is 5.75 Å². The Kier molecular flexibility index (Phi) is 6.87. The van der Waals surface area contributed by atoms with Gasteiger partial charge in [0.15, 0.2) is 31.2 Å². The molecule has 2 aliphatic heterocycles. The van der Waals surface area contributed by atoms with E-state index >= 15 is 4.39 Å². The number of hydrogen-bond acceptors (Lipinski definition) is 8. The zero-order chi connectivity index (χ0) is 27.3. The molecule has 13 heteroatoms. The lowest BCUT2D eigenvalue weighted by Crippen LogP contribution is -2.57. The first-order chi connectivity index (χ1) is 18.0. The molecule has 0 bridgehead atoms. The van der Waals surface area contributed by atoms with Crippen molar-refractivity contribution in [2.75, 3.05) is 24.7 Å². The molecule has 3 aromatic rings. The van der Waals surface area contributed by atoms with E-state index in [1.54, 1.807) is 0 Å². The summed E-state index contributed by atoms with van der Waals surface area (Å²) in [5, 5.41) is 0.298. The minimum absolute atomic E-state index is 0.139. The highest BCUT2D eigenvalue weighted by atomic mass is 35.5. The summed E-state index contributed by atoms with van der Waals surface area (Å²) < 4.78 is 94.4. The number of rotatable bonds is 6. The molecule has 0 aliphatic carbocycles. The van der Waals surface area contributed by atoms with Gasteiger partial charge in [0.2, 0.25) is 0 Å². The second-order valence-corrected chi connectivity index (χ2v) is 13.9. The molecular weight excluding hydrogens is 562 g/mol. The minimum atomic E-state index is -4.40. The van der Waals surface area contributed by atoms with Gasteiger partial charge in [-0.1, -0.05) is 11.6 Å². The van der Waals surface area contributed by atoms with Gasteiger partial charge in [-0.3, -0.25) is 0 Å². The van der Waals surface area contributed by atoms with Gasteiger partial charge in [0, 0.05) is 23.7 Å². The summed E-state index contributed by atoms with van der Waals surface area (Å²) in [7, 11) is -8.33. The second kappa shape index (κ2) is 9.74. The molecule has 1 aromatic heterocycles. The number of ether oxygens (including phenoxy) is 2. The van der Waals surface area contributed by atoms with Crippen LogP contribution in [0.5, 0.6) is 5.75 Å². The van der Waals surface area contributed by atoms with Crippen LogP contribution in [-0.2, 0) is 29.2 Å². The molecule has 3 atom stereocenters. The van der Waals surface area contributed by atoms with Gasteiger partial charge in [0.05, 0.1) is 28.9 Å². The zero-order valence-electron chi connectivity index (χ0n) is 19.8. The number of aromatic nitrogens is 1. The molecule has 0 radical (unpaired) electrons. The van der Waals surface area contributed by atoms with Crippen molar-refractivity contribution in [1.29, 1.82) is 0 Å². The molecule has 202 valence electrons. The lowest BCUT2D eigenvalue weighted by Gasteiger charge is -2.50. The number of halogens is 3. The Morgan fingerprint density at radius 3 is 2.47 bits per heavy atom. The van der Waals surface area contributed by atoms with Gasteiger partial charge >= 0.3 is 0 Å². The Morgan fingerprint density at radius 1 is 1.05 bits per heavy atom. The van der Waals surface area contributed by atoms with Gasteiger partial charge in [-0.05, 0) is 61.4 Å². The number of sulfone groups is 2. The van der Waals surface area contributed by atoms with Crippen LogP contribution in [0.1, 0.15) is 18.4 Å². The van der Waals surface area contributed by atoms with E-state index in [1.165, 1.54) is 42.6 Å². The van der Waals surface area contributed by atoms with E-state index in [0.717, 1.165) is 12.1 Å². The predicted molar refractivity (Wildman–Crippen MR) is 135 cm³/mol. The molecule has 8 nitrogen and oxygen atoms in total. The van der Waals surface area contributed by atoms with Crippen molar-refractivity contribution in [3.05, 3.63) is 76.9 Å². The Hall–Kier alpha value is -2.80. The van der Waals surface area contributed by atoms with Crippen LogP contribution in [0.2, 0.25) is 5.02 Å². The highest BCUT2D eigenvalue weighted by molar-refractivity contribution is 7.92. The standard InChI is InChI=1S/C25H23ClF2N2O6S2/c26-15-3-5-16(6-4-15)38(33,34)25-10-12-35-20(9-13-37(31,32)21-2-1-11-30-24(21)29)17(25)14-36-23-19(28)8-7-18(27)22(23)25/h1-8,11,17,20H,9-10,12-14H2,(H2,29,30)/t17-,20-,25-/m0/s1. The third-order valence-corrected chi connectivity index (χ3v) is 11.8. The van der Waals surface area contributed by atoms with Crippen LogP contribution in [0.15, 0.2) is 64.5 Å². The second-order valence-electron chi connectivity index (χ2n) is 9.15. The maximum Gasteiger partial charge on any atom is 0.189 e. The third kappa shape index (κ3) is 4.23. The number of anilines is 1. The van der Waals surface area contributed by atoms with Crippen LogP contribution in [0.4, 0.5) is 14.6 Å². The molecule has 0 amide bonds. The maximum absolute atomic E-state index is 15.5. The first-order valence-corrected chi connectivity index (χ1v) is 15.2. The average Bonchev–Trinajstić information content (AvgIpc) is 2.89. The quantitative estimate of drug-likeness (QED) is 0.462. The van der Waals surface area contributed by atoms with Gasteiger partial charge in [-0.25, -0.2) is 30.6 Å². The normalized spacial score (nSPS) is 23.2. The molecule has 1 saturated heterocycles. The number of benzene rings is 2. The topological polar surface area (TPSA) is 126 Å². The van der Waals surface area contributed by atoms with Gasteiger partial charge in [-0.2, -0.15) is 0 Å². The van der Waals surface area contributed by atoms with Crippen molar-refractivity contribution >= 4 is 37.1 Å². The van der Waals surface area contributed by atoms with E-state index < -0.39 is 65.1 Å². The van der Waals surface area contributed by atoms with E-state index in [0.29, 0.717) is 5.02 Å². The Morgan fingerprint density at radius 2 is 1.76 bits per heavy atom.